The number of para-hydroxylation sites is 4. The number of anilines is 3. The summed E-state index contributed by atoms with van der Waals surface area (Å²) < 4.78 is 4.82. The van der Waals surface area contributed by atoms with Gasteiger partial charge in [0.15, 0.2) is 0 Å². The Morgan fingerprint density at radius 3 is 1.45 bits per heavy atom. The van der Waals surface area contributed by atoms with E-state index >= 15 is 0 Å². The van der Waals surface area contributed by atoms with E-state index in [0.29, 0.717) is 0 Å². The van der Waals surface area contributed by atoms with Crippen molar-refractivity contribution in [1.82, 2.24) is 14.1 Å². The Balaban J connectivity index is 0.908. The van der Waals surface area contributed by atoms with Gasteiger partial charge in [0.1, 0.15) is 0 Å². The molecule has 76 heavy (non-hydrogen) atoms. The van der Waals surface area contributed by atoms with E-state index in [1.165, 1.54) is 65.9 Å². The van der Waals surface area contributed by atoms with Crippen LogP contribution in [0.1, 0.15) is 25.0 Å². The molecule has 15 rings (SSSR count). The number of rotatable bonds is 8. The summed E-state index contributed by atoms with van der Waals surface area (Å²) in [5, 5.41) is 7.22. The summed E-state index contributed by atoms with van der Waals surface area (Å²) in [5.74, 6) is 0. The molecule has 4 nitrogen and oxygen atoms in total. The molecule has 358 valence electrons. The molecule has 1 aliphatic carbocycles. The third-order valence-electron chi connectivity index (χ3n) is 16.1. The summed E-state index contributed by atoms with van der Waals surface area (Å²) in [4.78, 5) is 6.84. The van der Waals surface area contributed by atoms with Gasteiger partial charge in [0.25, 0.3) is 0 Å². The lowest BCUT2D eigenvalue weighted by Gasteiger charge is -2.28. The van der Waals surface area contributed by atoms with E-state index in [-0.39, 0.29) is 5.41 Å². The number of aromatic nitrogens is 3. The minimum Gasteiger partial charge on any atom is -0.310 e. The van der Waals surface area contributed by atoms with E-state index in [2.05, 4.69) is 288 Å². The first-order valence-electron chi connectivity index (χ1n) is 26.2. The summed E-state index contributed by atoms with van der Waals surface area (Å²) in [7, 11) is 0. The average molecular weight is 971 g/mol. The van der Waals surface area contributed by atoms with E-state index in [1.807, 2.05) is 12.4 Å². The third kappa shape index (κ3) is 6.95. The Kier molecular flexibility index (Phi) is 9.88. The van der Waals surface area contributed by atoms with Gasteiger partial charge in [-0.15, -0.1) is 0 Å². The van der Waals surface area contributed by atoms with Crippen LogP contribution < -0.4 is 4.90 Å². The molecule has 0 atom stereocenters. The number of fused-ring (bicyclic) bond motifs is 10. The van der Waals surface area contributed by atoms with E-state index in [1.54, 1.807) is 0 Å². The van der Waals surface area contributed by atoms with Crippen LogP contribution in [0.5, 0.6) is 0 Å². The lowest BCUT2D eigenvalue weighted by atomic mass is 9.82. The fourth-order valence-corrected chi connectivity index (χ4v) is 12.4. The Morgan fingerprint density at radius 2 is 0.816 bits per heavy atom. The van der Waals surface area contributed by atoms with Crippen molar-refractivity contribution in [3.63, 3.8) is 0 Å². The molecule has 1 aliphatic rings. The quantitative estimate of drug-likeness (QED) is 0.152. The highest BCUT2D eigenvalue weighted by Gasteiger charge is 2.36. The molecule has 0 N–H and O–H groups in total. The normalized spacial score (nSPS) is 12.7. The summed E-state index contributed by atoms with van der Waals surface area (Å²) in [6.07, 6.45) is 3.82. The van der Waals surface area contributed by atoms with Crippen molar-refractivity contribution in [1.29, 1.82) is 0 Å². The third-order valence-corrected chi connectivity index (χ3v) is 16.1. The molecule has 0 radical (unpaired) electrons. The molecule has 4 heteroatoms. The molecule has 0 aliphatic heterocycles. The average Bonchev–Trinajstić information content (AvgIpc) is 4.18. The molecular weight excluding hydrogens is 921 g/mol. The summed E-state index contributed by atoms with van der Waals surface area (Å²) in [6, 6.07) is 94.1. The second kappa shape index (κ2) is 17.2. The molecule has 0 fully saturated rings. The fourth-order valence-electron chi connectivity index (χ4n) is 12.4. The van der Waals surface area contributed by atoms with Crippen molar-refractivity contribution in [2.45, 2.75) is 19.3 Å². The summed E-state index contributed by atoms with van der Waals surface area (Å²) in [5.41, 5.74) is 22.4. The van der Waals surface area contributed by atoms with Crippen LogP contribution in [0.4, 0.5) is 17.1 Å². The van der Waals surface area contributed by atoms with Crippen LogP contribution in [-0.2, 0) is 5.41 Å². The second-order valence-electron chi connectivity index (χ2n) is 20.8. The Labute approximate surface area is 441 Å². The van der Waals surface area contributed by atoms with Crippen LogP contribution in [0.2, 0.25) is 0 Å². The largest absolute Gasteiger partial charge is 0.310 e. The molecule has 0 saturated heterocycles. The zero-order chi connectivity index (χ0) is 50.5. The van der Waals surface area contributed by atoms with Crippen LogP contribution in [0.3, 0.4) is 0 Å². The minimum absolute atomic E-state index is 0.138. The Bertz CT molecular complexity index is 4420. The number of hydrogen-bond acceptors (Lipinski definition) is 2. The number of nitrogens with zero attached hydrogens (tertiary/aromatic N) is 4. The van der Waals surface area contributed by atoms with E-state index in [9.17, 15) is 0 Å². The smallest absolute Gasteiger partial charge is 0.0547 e. The van der Waals surface area contributed by atoms with Crippen LogP contribution in [0, 0.1) is 0 Å². The van der Waals surface area contributed by atoms with Crippen molar-refractivity contribution in [3.8, 4) is 55.9 Å². The molecule has 11 aromatic carbocycles. The van der Waals surface area contributed by atoms with E-state index < -0.39 is 0 Å². The highest BCUT2D eigenvalue weighted by molar-refractivity contribution is 6.12. The van der Waals surface area contributed by atoms with Crippen molar-refractivity contribution >= 4 is 71.4 Å². The molecule has 0 unspecified atom stereocenters. The Hall–Kier alpha value is -9.77. The standard InChI is InChI=1S/C72H50N4/c1-72(2)66-22-12-9-19-60(66)61-36-33-59(45-67(61)72)74(58-32-27-51-46-73-38-37-50(51)42-58)57-30-25-47(26-31-57)52-39-53(48-28-34-64-62-20-10-13-23-68(62)75(70(64)43-48)55-15-5-3-6-16-55)41-54(40-52)49-29-35-65-63-21-11-14-24-69(63)76(71(65)44-49)56-17-7-4-8-18-56/h3-46H,1-2H3. The van der Waals surface area contributed by atoms with Gasteiger partial charge in [-0.2, -0.15) is 0 Å². The molecular formula is C72H50N4. The Morgan fingerprint density at radius 1 is 0.329 bits per heavy atom. The van der Waals surface area contributed by atoms with Crippen molar-refractivity contribution < 1.29 is 0 Å². The first kappa shape index (κ1) is 43.8. The maximum absolute atomic E-state index is 4.43. The molecule has 3 aromatic heterocycles. The number of benzene rings is 11. The highest BCUT2D eigenvalue weighted by atomic mass is 15.1. The predicted molar refractivity (Wildman–Crippen MR) is 319 cm³/mol. The van der Waals surface area contributed by atoms with Crippen molar-refractivity contribution in [3.05, 3.63) is 278 Å². The minimum atomic E-state index is -0.138. The van der Waals surface area contributed by atoms with Gasteiger partial charge in [-0.25, -0.2) is 0 Å². The van der Waals surface area contributed by atoms with Gasteiger partial charge in [0.2, 0.25) is 0 Å². The molecule has 0 spiro atoms. The lowest BCUT2D eigenvalue weighted by molar-refractivity contribution is 0.660. The topological polar surface area (TPSA) is 26.0 Å². The van der Waals surface area contributed by atoms with Gasteiger partial charge in [-0.05, 0) is 170 Å². The van der Waals surface area contributed by atoms with Gasteiger partial charge in [0, 0.05) is 73.2 Å². The SMILES string of the molecule is CC1(C)c2ccccc2-c2ccc(N(c3ccc(-c4cc(-c5ccc6c7ccccc7n(-c7ccccc7)c6c5)cc(-c5ccc6c7ccccc7n(-c7ccccc7)c6c5)c4)cc3)c3ccc4cnccc4c3)cc21. The molecule has 0 bridgehead atoms. The monoisotopic (exact) mass is 970 g/mol. The van der Waals surface area contributed by atoms with Crippen LogP contribution >= 0.6 is 0 Å². The van der Waals surface area contributed by atoms with E-state index in [4.69, 9.17) is 0 Å². The van der Waals surface area contributed by atoms with E-state index in [0.717, 1.165) is 72.6 Å². The van der Waals surface area contributed by atoms with Crippen LogP contribution in [-0.4, -0.2) is 14.1 Å². The number of pyridine rings is 1. The molecule has 0 amide bonds. The summed E-state index contributed by atoms with van der Waals surface area (Å²) in [6.45, 7) is 4.71. The van der Waals surface area contributed by atoms with Gasteiger partial charge in [-0.1, -0.05) is 159 Å². The second-order valence-corrected chi connectivity index (χ2v) is 20.8. The first-order valence-corrected chi connectivity index (χ1v) is 26.2. The first-order chi connectivity index (χ1) is 37.4. The van der Waals surface area contributed by atoms with Gasteiger partial charge in [0.05, 0.1) is 22.1 Å². The highest BCUT2D eigenvalue weighted by Crippen LogP contribution is 2.51. The maximum Gasteiger partial charge on any atom is 0.0547 e. The van der Waals surface area contributed by atoms with Crippen molar-refractivity contribution in [2.75, 3.05) is 4.90 Å². The van der Waals surface area contributed by atoms with Crippen LogP contribution in [0.15, 0.2) is 267 Å². The lowest BCUT2D eigenvalue weighted by Crippen LogP contribution is -2.16. The fraction of sp³-hybridized carbons (Fsp3) is 0.0417. The van der Waals surface area contributed by atoms with Gasteiger partial charge in [-0.3, -0.25) is 4.98 Å². The zero-order valence-electron chi connectivity index (χ0n) is 42.2. The van der Waals surface area contributed by atoms with Crippen molar-refractivity contribution in [2.24, 2.45) is 0 Å². The maximum atomic E-state index is 4.43. The van der Waals surface area contributed by atoms with Crippen LogP contribution in [0.25, 0.3) is 110 Å². The molecule has 0 saturated carbocycles. The summed E-state index contributed by atoms with van der Waals surface area (Å²) >= 11 is 0. The zero-order valence-corrected chi connectivity index (χ0v) is 42.2. The van der Waals surface area contributed by atoms with Gasteiger partial charge < -0.3 is 14.0 Å². The number of hydrogen-bond donors (Lipinski definition) is 0. The van der Waals surface area contributed by atoms with Gasteiger partial charge >= 0.3 is 0 Å². The molecule has 14 aromatic rings. The predicted octanol–water partition coefficient (Wildman–Crippen LogP) is 19.2. The molecule has 3 heterocycles.